The summed E-state index contributed by atoms with van der Waals surface area (Å²) in [5.41, 5.74) is 0.765. The molecule has 0 amide bonds. The van der Waals surface area contributed by atoms with Crippen molar-refractivity contribution in [1.29, 1.82) is 0 Å². The summed E-state index contributed by atoms with van der Waals surface area (Å²) in [6, 6.07) is 0.827. The van der Waals surface area contributed by atoms with Crippen LogP contribution in [0.3, 0.4) is 0 Å². The molecule has 1 nitrogen and oxygen atoms in total. The Hall–Kier alpha value is -0.0400. The van der Waals surface area contributed by atoms with E-state index in [4.69, 9.17) is 0 Å². The van der Waals surface area contributed by atoms with Crippen molar-refractivity contribution >= 4 is 0 Å². The van der Waals surface area contributed by atoms with Crippen LogP contribution < -0.4 is 5.32 Å². The van der Waals surface area contributed by atoms with Crippen LogP contribution in [0.4, 0.5) is 0 Å². The quantitative estimate of drug-likeness (QED) is 0.737. The van der Waals surface area contributed by atoms with Gasteiger partial charge in [-0.15, -0.1) is 0 Å². The molecule has 1 heteroatoms. The Bertz CT molecular complexity index is 192. The summed E-state index contributed by atoms with van der Waals surface area (Å²) in [5, 5.41) is 3.66. The van der Waals surface area contributed by atoms with Gasteiger partial charge in [0.2, 0.25) is 0 Å². The van der Waals surface area contributed by atoms with Gasteiger partial charge >= 0.3 is 0 Å². The molecule has 1 unspecified atom stereocenters. The standard InChI is InChI=1S/C15H29N/c1-2-16-14-8-7-12-15(13-9-14)10-5-3-4-6-11-15/h14,16H,2-13H2,1H3. The third-order valence-electron chi connectivity index (χ3n) is 4.94. The Morgan fingerprint density at radius 2 is 1.56 bits per heavy atom. The highest BCUT2D eigenvalue weighted by Crippen LogP contribution is 2.45. The zero-order valence-electron chi connectivity index (χ0n) is 11.1. The van der Waals surface area contributed by atoms with Gasteiger partial charge in [0.25, 0.3) is 0 Å². The molecule has 0 aromatic rings. The molecule has 0 heterocycles. The molecule has 1 N–H and O–H groups in total. The van der Waals surface area contributed by atoms with Crippen molar-refractivity contribution in [3.05, 3.63) is 0 Å². The van der Waals surface area contributed by atoms with Crippen LogP contribution in [0.1, 0.15) is 77.6 Å². The number of hydrogen-bond acceptors (Lipinski definition) is 1. The molecule has 1 spiro atoms. The third-order valence-corrected chi connectivity index (χ3v) is 4.94. The molecule has 2 aliphatic rings. The number of hydrogen-bond donors (Lipinski definition) is 1. The first-order valence-electron chi connectivity index (χ1n) is 7.58. The van der Waals surface area contributed by atoms with Crippen molar-refractivity contribution in [3.63, 3.8) is 0 Å². The largest absolute Gasteiger partial charge is 0.314 e. The molecule has 0 bridgehead atoms. The minimum atomic E-state index is 0.765. The van der Waals surface area contributed by atoms with E-state index in [1.807, 2.05) is 0 Å². The van der Waals surface area contributed by atoms with E-state index in [1.54, 1.807) is 0 Å². The van der Waals surface area contributed by atoms with Gasteiger partial charge in [-0.3, -0.25) is 0 Å². The van der Waals surface area contributed by atoms with E-state index in [0.717, 1.165) is 18.0 Å². The van der Waals surface area contributed by atoms with Crippen molar-refractivity contribution in [1.82, 2.24) is 5.32 Å². The summed E-state index contributed by atoms with van der Waals surface area (Å²) in [4.78, 5) is 0. The predicted octanol–water partition coefficient (Wildman–Crippen LogP) is 4.27. The van der Waals surface area contributed by atoms with Crippen molar-refractivity contribution in [2.75, 3.05) is 6.54 Å². The molecule has 0 aromatic heterocycles. The van der Waals surface area contributed by atoms with Gasteiger partial charge in [0, 0.05) is 6.04 Å². The Morgan fingerprint density at radius 3 is 2.25 bits per heavy atom. The lowest BCUT2D eigenvalue weighted by atomic mass is 9.74. The molecule has 2 saturated carbocycles. The zero-order valence-corrected chi connectivity index (χ0v) is 11.1. The molecule has 2 fully saturated rings. The highest BCUT2D eigenvalue weighted by atomic mass is 14.9. The Labute approximate surface area is 101 Å². The summed E-state index contributed by atoms with van der Waals surface area (Å²) < 4.78 is 0. The minimum Gasteiger partial charge on any atom is -0.314 e. The predicted molar refractivity (Wildman–Crippen MR) is 70.7 cm³/mol. The van der Waals surface area contributed by atoms with Gasteiger partial charge in [0.15, 0.2) is 0 Å². The SMILES string of the molecule is CCNC1CCCC2(CCCCCC2)CC1. The van der Waals surface area contributed by atoms with Crippen LogP contribution in [0.5, 0.6) is 0 Å². The summed E-state index contributed by atoms with van der Waals surface area (Å²) in [5.74, 6) is 0. The molecular weight excluding hydrogens is 194 g/mol. The van der Waals surface area contributed by atoms with Crippen molar-refractivity contribution in [2.24, 2.45) is 5.41 Å². The Morgan fingerprint density at radius 1 is 0.875 bits per heavy atom. The Balaban J connectivity index is 1.90. The first-order chi connectivity index (χ1) is 7.85. The van der Waals surface area contributed by atoms with Gasteiger partial charge in [-0.2, -0.15) is 0 Å². The summed E-state index contributed by atoms with van der Waals surface area (Å²) >= 11 is 0. The first kappa shape index (κ1) is 12.4. The lowest BCUT2D eigenvalue weighted by Gasteiger charge is -2.31. The van der Waals surface area contributed by atoms with Crippen molar-refractivity contribution in [2.45, 2.75) is 83.6 Å². The van der Waals surface area contributed by atoms with Gasteiger partial charge in [-0.05, 0) is 50.5 Å². The molecule has 94 valence electrons. The van der Waals surface area contributed by atoms with Gasteiger partial charge in [0.1, 0.15) is 0 Å². The molecule has 0 saturated heterocycles. The smallest absolute Gasteiger partial charge is 0.00671 e. The second-order valence-corrected chi connectivity index (χ2v) is 6.10. The Kier molecular flexibility index (Phi) is 4.69. The molecule has 2 rings (SSSR count). The van der Waals surface area contributed by atoms with E-state index < -0.39 is 0 Å². The van der Waals surface area contributed by atoms with Crippen molar-refractivity contribution < 1.29 is 0 Å². The molecule has 1 atom stereocenters. The van der Waals surface area contributed by atoms with Crippen LogP contribution in [0.2, 0.25) is 0 Å². The lowest BCUT2D eigenvalue weighted by Crippen LogP contribution is -2.28. The van der Waals surface area contributed by atoms with E-state index in [1.165, 1.54) is 70.6 Å². The summed E-state index contributed by atoms with van der Waals surface area (Å²) in [6.07, 6.45) is 16.4. The van der Waals surface area contributed by atoms with Crippen LogP contribution in [-0.2, 0) is 0 Å². The molecule has 0 radical (unpaired) electrons. The first-order valence-corrected chi connectivity index (χ1v) is 7.58. The van der Waals surface area contributed by atoms with Gasteiger partial charge in [0.05, 0.1) is 0 Å². The molecule has 0 aliphatic heterocycles. The van der Waals surface area contributed by atoms with Crippen LogP contribution in [0.15, 0.2) is 0 Å². The maximum absolute atomic E-state index is 3.66. The van der Waals surface area contributed by atoms with Crippen LogP contribution in [0, 0.1) is 5.41 Å². The van der Waals surface area contributed by atoms with E-state index in [-0.39, 0.29) is 0 Å². The second kappa shape index (κ2) is 6.05. The van der Waals surface area contributed by atoms with Crippen LogP contribution in [0.25, 0.3) is 0 Å². The number of nitrogens with one attached hydrogen (secondary N) is 1. The second-order valence-electron chi connectivity index (χ2n) is 6.10. The maximum Gasteiger partial charge on any atom is 0.00671 e. The fraction of sp³-hybridized carbons (Fsp3) is 1.00. The normalized spacial score (nSPS) is 30.9. The topological polar surface area (TPSA) is 12.0 Å². The van der Waals surface area contributed by atoms with E-state index >= 15 is 0 Å². The van der Waals surface area contributed by atoms with E-state index in [9.17, 15) is 0 Å². The summed E-state index contributed by atoms with van der Waals surface area (Å²) in [7, 11) is 0. The van der Waals surface area contributed by atoms with Crippen LogP contribution in [-0.4, -0.2) is 12.6 Å². The monoisotopic (exact) mass is 223 g/mol. The van der Waals surface area contributed by atoms with E-state index in [2.05, 4.69) is 12.2 Å². The van der Waals surface area contributed by atoms with Crippen LogP contribution >= 0.6 is 0 Å². The van der Waals surface area contributed by atoms with Gasteiger partial charge in [-0.25, -0.2) is 0 Å². The fourth-order valence-corrected chi connectivity index (χ4v) is 3.94. The highest BCUT2D eigenvalue weighted by molar-refractivity contribution is 4.86. The molecule has 2 aliphatic carbocycles. The highest BCUT2D eigenvalue weighted by Gasteiger charge is 2.32. The third kappa shape index (κ3) is 3.23. The van der Waals surface area contributed by atoms with Crippen molar-refractivity contribution in [3.8, 4) is 0 Å². The van der Waals surface area contributed by atoms with Gasteiger partial charge in [-0.1, -0.05) is 39.0 Å². The average molecular weight is 223 g/mol. The molecule has 16 heavy (non-hydrogen) atoms. The zero-order chi connectivity index (χ0) is 11.3. The summed E-state index contributed by atoms with van der Waals surface area (Å²) in [6.45, 7) is 3.39. The molecule has 0 aromatic carbocycles. The maximum atomic E-state index is 3.66. The lowest BCUT2D eigenvalue weighted by molar-refractivity contribution is 0.205. The average Bonchev–Trinajstić information content (AvgIpc) is 2.62. The van der Waals surface area contributed by atoms with Gasteiger partial charge < -0.3 is 5.32 Å². The fourth-order valence-electron chi connectivity index (χ4n) is 3.94. The minimum absolute atomic E-state index is 0.765. The number of rotatable bonds is 2. The molecular formula is C15H29N. The van der Waals surface area contributed by atoms with E-state index in [0.29, 0.717) is 0 Å².